The van der Waals surface area contributed by atoms with E-state index in [1.54, 1.807) is 30.0 Å². The number of benzene rings is 2. The first kappa shape index (κ1) is 18.9. The second-order valence-corrected chi connectivity index (χ2v) is 6.78. The highest BCUT2D eigenvalue weighted by Gasteiger charge is 2.31. The van der Waals surface area contributed by atoms with Crippen LogP contribution in [0.25, 0.3) is 0 Å². The number of carbonyl (C=O) groups excluding carboxylic acids is 2. The van der Waals surface area contributed by atoms with Crippen LogP contribution < -0.4 is 15.0 Å². The molecule has 7 heteroatoms. The van der Waals surface area contributed by atoms with E-state index in [2.05, 4.69) is 11.9 Å². The summed E-state index contributed by atoms with van der Waals surface area (Å²) in [7, 11) is 0. The van der Waals surface area contributed by atoms with Gasteiger partial charge in [0.05, 0.1) is 16.3 Å². The van der Waals surface area contributed by atoms with Crippen LogP contribution >= 0.6 is 11.6 Å². The van der Waals surface area contributed by atoms with Crippen molar-refractivity contribution in [2.24, 2.45) is 0 Å². The predicted octanol–water partition coefficient (Wildman–Crippen LogP) is 4.42. The van der Waals surface area contributed by atoms with Gasteiger partial charge < -0.3 is 15.0 Å². The molecule has 0 aliphatic carbocycles. The first-order chi connectivity index (χ1) is 12.8. The quantitative estimate of drug-likeness (QED) is 0.789. The Morgan fingerprint density at radius 2 is 2.11 bits per heavy atom. The maximum Gasteiger partial charge on any atom is 0.268 e. The van der Waals surface area contributed by atoms with Gasteiger partial charge in [-0.2, -0.15) is 0 Å². The fraction of sp³-hybridized carbons (Fsp3) is 0.200. The lowest BCUT2D eigenvalue weighted by atomic mass is 10.1. The van der Waals surface area contributed by atoms with E-state index in [-0.39, 0.29) is 16.5 Å². The van der Waals surface area contributed by atoms with Gasteiger partial charge in [-0.15, -0.1) is 0 Å². The Labute approximate surface area is 161 Å². The fourth-order valence-corrected chi connectivity index (χ4v) is 3.08. The smallest absolute Gasteiger partial charge is 0.268 e. The summed E-state index contributed by atoms with van der Waals surface area (Å²) in [5.74, 6) is -1.10. The SMILES string of the molecule is C=C(C)CN1C(=O)C(C)Oc2cc(NC(=O)c3c(F)cccc3Cl)ccc21. The average molecular weight is 389 g/mol. The highest BCUT2D eigenvalue weighted by molar-refractivity contribution is 6.34. The van der Waals surface area contributed by atoms with Crippen LogP contribution in [0.1, 0.15) is 24.2 Å². The number of amides is 2. The molecule has 1 N–H and O–H groups in total. The van der Waals surface area contributed by atoms with E-state index in [1.165, 1.54) is 18.2 Å². The first-order valence-electron chi connectivity index (χ1n) is 8.29. The number of ether oxygens (including phenoxy) is 1. The molecule has 1 aliphatic rings. The minimum absolute atomic E-state index is 0.0218. The molecule has 2 aromatic rings. The van der Waals surface area contributed by atoms with Crippen LogP contribution in [0.4, 0.5) is 15.8 Å². The zero-order valence-corrected chi connectivity index (χ0v) is 15.6. The van der Waals surface area contributed by atoms with Crippen molar-refractivity contribution >= 4 is 34.8 Å². The van der Waals surface area contributed by atoms with Gasteiger partial charge in [-0.25, -0.2) is 4.39 Å². The largest absolute Gasteiger partial charge is 0.479 e. The van der Waals surface area contributed by atoms with Crippen molar-refractivity contribution in [2.75, 3.05) is 16.8 Å². The summed E-state index contributed by atoms with van der Waals surface area (Å²) in [6.45, 7) is 7.71. The third kappa shape index (κ3) is 3.80. The zero-order chi connectivity index (χ0) is 19.7. The Hall–Kier alpha value is -2.86. The van der Waals surface area contributed by atoms with E-state index in [1.807, 2.05) is 6.92 Å². The van der Waals surface area contributed by atoms with Crippen molar-refractivity contribution < 1.29 is 18.7 Å². The molecule has 1 atom stereocenters. The van der Waals surface area contributed by atoms with Gasteiger partial charge in [-0.3, -0.25) is 9.59 Å². The van der Waals surface area contributed by atoms with Crippen LogP contribution in [0.3, 0.4) is 0 Å². The Kier molecular flexibility index (Phi) is 5.19. The molecule has 2 aromatic carbocycles. The van der Waals surface area contributed by atoms with E-state index in [0.717, 1.165) is 5.57 Å². The highest BCUT2D eigenvalue weighted by atomic mass is 35.5. The standard InChI is InChI=1S/C20H18ClFN2O3/c1-11(2)10-24-16-8-7-13(9-17(16)27-12(3)20(24)26)23-19(25)18-14(21)5-4-6-15(18)22/h4-9,12H,1,10H2,2-3H3,(H,23,25). The van der Waals surface area contributed by atoms with Crippen molar-refractivity contribution in [1.29, 1.82) is 0 Å². The minimum Gasteiger partial charge on any atom is -0.479 e. The van der Waals surface area contributed by atoms with Crippen molar-refractivity contribution in [3.8, 4) is 5.75 Å². The molecule has 27 heavy (non-hydrogen) atoms. The molecule has 0 radical (unpaired) electrons. The van der Waals surface area contributed by atoms with Gasteiger partial charge in [0, 0.05) is 18.3 Å². The van der Waals surface area contributed by atoms with E-state index >= 15 is 0 Å². The number of rotatable bonds is 4. The van der Waals surface area contributed by atoms with Gasteiger partial charge in [-0.05, 0) is 38.1 Å². The third-order valence-corrected chi connectivity index (χ3v) is 4.36. The first-order valence-corrected chi connectivity index (χ1v) is 8.67. The molecular weight excluding hydrogens is 371 g/mol. The average Bonchev–Trinajstić information content (AvgIpc) is 2.58. The Morgan fingerprint density at radius 3 is 2.78 bits per heavy atom. The molecule has 5 nitrogen and oxygen atoms in total. The monoisotopic (exact) mass is 388 g/mol. The number of anilines is 2. The lowest BCUT2D eigenvalue weighted by Crippen LogP contribution is -2.45. The number of fused-ring (bicyclic) bond motifs is 1. The normalized spacial score (nSPS) is 15.8. The van der Waals surface area contributed by atoms with Gasteiger partial charge in [0.2, 0.25) is 0 Å². The van der Waals surface area contributed by atoms with Gasteiger partial charge >= 0.3 is 0 Å². The fourth-order valence-electron chi connectivity index (χ4n) is 2.83. The molecule has 0 bridgehead atoms. The summed E-state index contributed by atoms with van der Waals surface area (Å²) in [5, 5.41) is 2.63. The lowest BCUT2D eigenvalue weighted by Gasteiger charge is -2.33. The maximum atomic E-state index is 13.9. The van der Waals surface area contributed by atoms with Crippen LogP contribution in [0.15, 0.2) is 48.6 Å². The van der Waals surface area contributed by atoms with Crippen molar-refractivity contribution in [1.82, 2.24) is 0 Å². The lowest BCUT2D eigenvalue weighted by molar-refractivity contribution is -0.125. The van der Waals surface area contributed by atoms with Gasteiger partial charge in [0.1, 0.15) is 11.6 Å². The topological polar surface area (TPSA) is 58.6 Å². The van der Waals surface area contributed by atoms with E-state index in [0.29, 0.717) is 23.7 Å². The minimum atomic E-state index is -0.707. The van der Waals surface area contributed by atoms with Gasteiger partial charge in [0.15, 0.2) is 6.10 Å². The third-order valence-electron chi connectivity index (χ3n) is 4.04. The van der Waals surface area contributed by atoms with Crippen LogP contribution in [-0.4, -0.2) is 24.5 Å². The van der Waals surface area contributed by atoms with E-state index < -0.39 is 17.8 Å². The van der Waals surface area contributed by atoms with Crippen LogP contribution in [0.5, 0.6) is 5.75 Å². The number of halogens is 2. The zero-order valence-electron chi connectivity index (χ0n) is 14.9. The number of nitrogens with zero attached hydrogens (tertiary/aromatic N) is 1. The summed E-state index contributed by atoms with van der Waals surface area (Å²) in [6, 6.07) is 8.91. The number of carbonyl (C=O) groups is 2. The molecule has 2 amide bonds. The van der Waals surface area contributed by atoms with E-state index in [4.69, 9.17) is 16.3 Å². The molecule has 0 fully saturated rings. The summed E-state index contributed by atoms with van der Waals surface area (Å²) in [5.41, 5.74) is 1.58. The van der Waals surface area contributed by atoms with Crippen molar-refractivity contribution in [3.63, 3.8) is 0 Å². The molecular formula is C20H18ClFN2O3. The molecule has 140 valence electrons. The molecule has 0 spiro atoms. The number of nitrogens with one attached hydrogen (secondary N) is 1. The highest BCUT2D eigenvalue weighted by Crippen LogP contribution is 2.37. The summed E-state index contributed by atoms with van der Waals surface area (Å²) in [6.07, 6.45) is -0.663. The molecule has 0 saturated carbocycles. The van der Waals surface area contributed by atoms with Crippen LogP contribution in [0.2, 0.25) is 5.02 Å². The van der Waals surface area contributed by atoms with Crippen molar-refractivity contribution in [2.45, 2.75) is 20.0 Å². The van der Waals surface area contributed by atoms with Crippen LogP contribution in [0, 0.1) is 5.82 Å². The second-order valence-electron chi connectivity index (χ2n) is 6.37. The van der Waals surface area contributed by atoms with Crippen molar-refractivity contribution in [3.05, 3.63) is 65.0 Å². The molecule has 1 heterocycles. The second kappa shape index (κ2) is 7.40. The van der Waals surface area contributed by atoms with Gasteiger partial charge in [0.25, 0.3) is 11.8 Å². The van der Waals surface area contributed by atoms with E-state index in [9.17, 15) is 14.0 Å². The van der Waals surface area contributed by atoms with Gasteiger partial charge in [-0.1, -0.05) is 29.8 Å². The molecule has 0 saturated heterocycles. The molecule has 3 rings (SSSR count). The Balaban J connectivity index is 1.90. The molecule has 1 unspecified atom stereocenters. The Bertz CT molecular complexity index is 925. The number of hydrogen-bond donors (Lipinski definition) is 1. The maximum absolute atomic E-state index is 13.9. The predicted molar refractivity (Wildman–Crippen MR) is 103 cm³/mol. The number of hydrogen-bond acceptors (Lipinski definition) is 3. The summed E-state index contributed by atoms with van der Waals surface area (Å²) < 4.78 is 19.6. The summed E-state index contributed by atoms with van der Waals surface area (Å²) >= 11 is 5.93. The Morgan fingerprint density at radius 1 is 1.37 bits per heavy atom. The molecule has 0 aromatic heterocycles. The molecule has 1 aliphatic heterocycles. The van der Waals surface area contributed by atoms with Crippen LogP contribution in [-0.2, 0) is 4.79 Å². The summed E-state index contributed by atoms with van der Waals surface area (Å²) in [4.78, 5) is 26.4.